The van der Waals surface area contributed by atoms with Crippen molar-refractivity contribution in [3.8, 4) is 0 Å². The number of carboxylic acid groups (broad SMARTS) is 2. The summed E-state index contributed by atoms with van der Waals surface area (Å²) < 4.78 is 4.52. The predicted octanol–water partition coefficient (Wildman–Crippen LogP) is 0.281. The number of carbonyl (C=O) groups excluding carboxylic acids is 1. The molecule has 84 valence electrons. The van der Waals surface area contributed by atoms with Gasteiger partial charge in [0.1, 0.15) is 12.0 Å². The van der Waals surface area contributed by atoms with Crippen molar-refractivity contribution in [3.05, 3.63) is 12.7 Å². The molecule has 0 amide bonds. The van der Waals surface area contributed by atoms with Crippen LogP contribution in [0.1, 0.15) is 13.3 Å². The van der Waals surface area contributed by atoms with Crippen molar-refractivity contribution in [1.29, 1.82) is 0 Å². The highest BCUT2D eigenvalue weighted by atomic mass is 16.5. The molecule has 1 unspecified atom stereocenters. The SMILES string of the molecule is C=CC(=O)OCC(C)(CC(=O)O)C(=O)O. The third-order valence-corrected chi connectivity index (χ3v) is 1.76. The number of ether oxygens (including phenoxy) is 1. The van der Waals surface area contributed by atoms with Gasteiger partial charge in [-0.1, -0.05) is 6.58 Å². The number of aliphatic carboxylic acids is 2. The van der Waals surface area contributed by atoms with Crippen LogP contribution in [0.3, 0.4) is 0 Å². The maximum atomic E-state index is 10.8. The Balaban J connectivity index is 4.51. The molecule has 0 aliphatic rings. The monoisotopic (exact) mass is 216 g/mol. The van der Waals surface area contributed by atoms with E-state index in [-0.39, 0.29) is 0 Å². The molecule has 0 aromatic rings. The van der Waals surface area contributed by atoms with Gasteiger partial charge in [0, 0.05) is 6.08 Å². The molecule has 0 radical (unpaired) electrons. The van der Waals surface area contributed by atoms with Crippen molar-refractivity contribution < 1.29 is 29.3 Å². The summed E-state index contributed by atoms with van der Waals surface area (Å²) in [6.45, 7) is 3.82. The van der Waals surface area contributed by atoms with Crippen molar-refractivity contribution in [2.45, 2.75) is 13.3 Å². The predicted molar refractivity (Wildman–Crippen MR) is 49.2 cm³/mol. The van der Waals surface area contributed by atoms with Crippen molar-refractivity contribution in [3.63, 3.8) is 0 Å². The molecule has 0 rings (SSSR count). The van der Waals surface area contributed by atoms with Crippen LogP contribution < -0.4 is 0 Å². The summed E-state index contributed by atoms with van der Waals surface area (Å²) in [5.41, 5.74) is -1.62. The zero-order valence-electron chi connectivity index (χ0n) is 8.23. The lowest BCUT2D eigenvalue weighted by molar-refractivity contribution is -0.161. The molecule has 0 saturated carbocycles. The second-order valence-electron chi connectivity index (χ2n) is 3.25. The summed E-state index contributed by atoms with van der Waals surface area (Å²) in [6, 6.07) is 0. The Morgan fingerprint density at radius 2 is 1.93 bits per heavy atom. The highest BCUT2D eigenvalue weighted by Gasteiger charge is 2.37. The van der Waals surface area contributed by atoms with E-state index in [1.165, 1.54) is 6.92 Å². The quantitative estimate of drug-likeness (QED) is 0.488. The molecule has 0 aliphatic carbocycles. The smallest absolute Gasteiger partial charge is 0.330 e. The Bertz CT molecular complexity index is 295. The molecule has 0 bridgehead atoms. The van der Waals surface area contributed by atoms with Gasteiger partial charge in [-0.05, 0) is 6.92 Å². The van der Waals surface area contributed by atoms with Gasteiger partial charge in [-0.15, -0.1) is 0 Å². The van der Waals surface area contributed by atoms with E-state index in [0.29, 0.717) is 0 Å². The number of esters is 1. The van der Waals surface area contributed by atoms with Gasteiger partial charge in [-0.3, -0.25) is 9.59 Å². The van der Waals surface area contributed by atoms with Gasteiger partial charge in [0.05, 0.1) is 6.42 Å². The Morgan fingerprint density at radius 3 is 2.27 bits per heavy atom. The Labute approximate surface area is 86.2 Å². The first-order chi connectivity index (χ1) is 6.81. The van der Waals surface area contributed by atoms with Crippen LogP contribution in [0.15, 0.2) is 12.7 Å². The summed E-state index contributed by atoms with van der Waals surface area (Å²) in [5.74, 6) is -3.39. The number of carboxylic acids is 2. The average Bonchev–Trinajstić information content (AvgIpc) is 2.12. The summed E-state index contributed by atoms with van der Waals surface area (Å²) in [5, 5.41) is 17.3. The molecular formula is C9H12O6. The van der Waals surface area contributed by atoms with Crippen molar-refractivity contribution in [1.82, 2.24) is 0 Å². The molecule has 6 heteroatoms. The van der Waals surface area contributed by atoms with E-state index in [9.17, 15) is 14.4 Å². The van der Waals surface area contributed by atoms with Gasteiger partial charge < -0.3 is 14.9 Å². The molecule has 0 saturated heterocycles. The van der Waals surface area contributed by atoms with Gasteiger partial charge in [0.25, 0.3) is 0 Å². The maximum Gasteiger partial charge on any atom is 0.330 e. The fourth-order valence-corrected chi connectivity index (χ4v) is 0.811. The van der Waals surface area contributed by atoms with Gasteiger partial charge in [-0.25, -0.2) is 4.79 Å². The fraction of sp³-hybridized carbons (Fsp3) is 0.444. The van der Waals surface area contributed by atoms with Crippen LogP contribution in [0.5, 0.6) is 0 Å². The van der Waals surface area contributed by atoms with Crippen LogP contribution in [0.4, 0.5) is 0 Å². The van der Waals surface area contributed by atoms with E-state index in [4.69, 9.17) is 10.2 Å². The maximum absolute atomic E-state index is 10.8. The highest BCUT2D eigenvalue weighted by Crippen LogP contribution is 2.22. The molecule has 0 fully saturated rings. The van der Waals surface area contributed by atoms with Crippen LogP contribution in [-0.4, -0.2) is 34.7 Å². The minimum atomic E-state index is -1.62. The van der Waals surface area contributed by atoms with Gasteiger partial charge in [0.2, 0.25) is 0 Å². The minimum absolute atomic E-state index is 0.501. The Hall–Kier alpha value is -1.85. The first-order valence-electron chi connectivity index (χ1n) is 4.06. The molecule has 1 atom stereocenters. The standard InChI is InChI=1S/C9H12O6/c1-3-7(12)15-5-9(2,8(13)14)4-6(10)11/h3H,1,4-5H2,2H3,(H,10,11)(H,13,14). The number of hydrogen-bond donors (Lipinski definition) is 2. The van der Waals surface area contributed by atoms with Crippen molar-refractivity contribution in [2.24, 2.45) is 5.41 Å². The summed E-state index contributed by atoms with van der Waals surface area (Å²) in [6.07, 6.45) is 0.260. The normalized spacial score (nSPS) is 13.7. The topological polar surface area (TPSA) is 101 Å². The summed E-state index contributed by atoms with van der Waals surface area (Å²) in [4.78, 5) is 31.9. The van der Waals surface area contributed by atoms with Crippen LogP contribution in [0, 0.1) is 5.41 Å². The molecule has 0 heterocycles. The largest absolute Gasteiger partial charge is 0.481 e. The lowest BCUT2D eigenvalue weighted by atomic mass is 9.88. The average molecular weight is 216 g/mol. The zero-order chi connectivity index (χ0) is 12.1. The third kappa shape index (κ3) is 4.26. The zero-order valence-corrected chi connectivity index (χ0v) is 8.23. The van der Waals surface area contributed by atoms with E-state index in [2.05, 4.69) is 11.3 Å². The summed E-state index contributed by atoms with van der Waals surface area (Å²) >= 11 is 0. The van der Waals surface area contributed by atoms with E-state index in [1.807, 2.05) is 0 Å². The highest BCUT2D eigenvalue weighted by molar-refractivity contribution is 5.83. The Morgan fingerprint density at radius 1 is 1.40 bits per heavy atom. The van der Waals surface area contributed by atoms with E-state index >= 15 is 0 Å². The molecule has 0 aromatic carbocycles. The number of hydrogen-bond acceptors (Lipinski definition) is 4. The van der Waals surface area contributed by atoms with Gasteiger partial charge >= 0.3 is 17.9 Å². The van der Waals surface area contributed by atoms with Gasteiger partial charge in [0.15, 0.2) is 0 Å². The van der Waals surface area contributed by atoms with E-state index in [0.717, 1.165) is 6.08 Å². The molecule has 15 heavy (non-hydrogen) atoms. The first kappa shape index (κ1) is 13.2. The fourth-order valence-electron chi connectivity index (χ4n) is 0.811. The summed E-state index contributed by atoms with van der Waals surface area (Å²) in [7, 11) is 0. The molecule has 6 nitrogen and oxygen atoms in total. The van der Waals surface area contributed by atoms with Crippen LogP contribution in [0.2, 0.25) is 0 Å². The van der Waals surface area contributed by atoms with E-state index in [1.54, 1.807) is 0 Å². The minimum Gasteiger partial charge on any atom is -0.481 e. The van der Waals surface area contributed by atoms with Crippen molar-refractivity contribution >= 4 is 17.9 Å². The second kappa shape index (κ2) is 5.14. The number of carbonyl (C=O) groups is 3. The molecule has 0 aliphatic heterocycles. The lowest BCUT2D eigenvalue weighted by Crippen LogP contribution is -2.35. The van der Waals surface area contributed by atoms with E-state index < -0.39 is 36.4 Å². The molecule has 2 N–H and O–H groups in total. The lowest BCUT2D eigenvalue weighted by Gasteiger charge is -2.21. The molecule has 0 spiro atoms. The molecular weight excluding hydrogens is 204 g/mol. The number of rotatable bonds is 6. The Kier molecular flexibility index (Phi) is 4.50. The van der Waals surface area contributed by atoms with Crippen LogP contribution in [0.25, 0.3) is 0 Å². The van der Waals surface area contributed by atoms with Crippen LogP contribution in [-0.2, 0) is 19.1 Å². The first-order valence-corrected chi connectivity index (χ1v) is 4.06. The van der Waals surface area contributed by atoms with Crippen LogP contribution >= 0.6 is 0 Å². The van der Waals surface area contributed by atoms with Gasteiger partial charge in [-0.2, -0.15) is 0 Å². The second-order valence-corrected chi connectivity index (χ2v) is 3.25. The molecule has 0 aromatic heterocycles. The third-order valence-electron chi connectivity index (χ3n) is 1.76. The van der Waals surface area contributed by atoms with Crippen molar-refractivity contribution in [2.75, 3.05) is 6.61 Å².